The maximum atomic E-state index is 11.7. The Hall–Kier alpha value is -0.610. The highest BCUT2D eigenvalue weighted by molar-refractivity contribution is 5.81. The molecule has 0 spiro atoms. The quantitative estimate of drug-likeness (QED) is 0.559. The zero-order valence-electron chi connectivity index (χ0n) is 9.59. The van der Waals surface area contributed by atoms with Gasteiger partial charge >= 0.3 is 0 Å². The molecule has 0 bridgehead atoms. The first-order valence-electron chi connectivity index (χ1n) is 5.98. The van der Waals surface area contributed by atoms with Gasteiger partial charge in [0.25, 0.3) is 0 Å². The van der Waals surface area contributed by atoms with Crippen molar-refractivity contribution in [1.82, 2.24) is 10.6 Å². The molecule has 1 saturated carbocycles. The number of hydrogen-bond acceptors (Lipinski definition) is 3. The van der Waals surface area contributed by atoms with E-state index in [1.807, 2.05) is 6.92 Å². The van der Waals surface area contributed by atoms with Crippen LogP contribution in [0.2, 0.25) is 0 Å². The van der Waals surface area contributed by atoms with Crippen LogP contribution in [0.15, 0.2) is 0 Å². The van der Waals surface area contributed by atoms with Gasteiger partial charge in [0.05, 0.1) is 6.04 Å². The molecule has 0 aromatic carbocycles. The normalized spacial score (nSPS) is 19.1. The van der Waals surface area contributed by atoms with Gasteiger partial charge in [-0.1, -0.05) is 12.8 Å². The van der Waals surface area contributed by atoms with E-state index in [0.717, 1.165) is 25.8 Å². The summed E-state index contributed by atoms with van der Waals surface area (Å²) < 4.78 is 0. The van der Waals surface area contributed by atoms with Gasteiger partial charge in [-0.3, -0.25) is 4.79 Å². The van der Waals surface area contributed by atoms with E-state index in [9.17, 15) is 4.79 Å². The topological polar surface area (TPSA) is 67.1 Å². The highest BCUT2D eigenvalue weighted by Crippen LogP contribution is 2.17. The van der Waals surface area contributed by atoms with E-state index < -0.39 is 0 Å². The summed E-state index contributed by atoms with van der Waals surface area (Å²) in [5, 5.41) is 6.24. The molecule has 4 nitrogen and oxygen atoms in total. The number of amides is 1. The number of hydrogen-bond donors (Lipinski definition) is 3. The summed E-state index contributed by atoms with van der Waals surface area (Å²) in [6.45, 7) is 3.39. The smallest absolute Gasteiger partial charge is 0.237 e. The highest BCUT2D eigenvalue weighted by Gasteiger charge is 2.19. The zero-order valence-corrected chi connectivity index (χ0v) is 9.59. The fourth-order valence-electron chi connectivity index (χ4n) is 1.91. The lowest BCUT2D eigenvalue weighted by molar-refractivity contribution is -0.123. The average Bonchev–Trinajstić information content (AvgIpc) is 2.70. The Morgan fingerprint density at radius 2 is 2.13 bits per heavy atom. The Morgan fingerprint density at radius 3 is 2.73 bits per heavy atom. The van der Waals surface area contributed by atoms with E-state index in [0.29, 0.717) is 12.6 Å². The third-order valence-electron chi connectivity index (χ3n) is 2.93. The molecule has 0 aromatic rings. The summed E-state index contributed by atoms with van der Waals surface area (Å²) in [6, 6.07) is 0.313. The molecule has 4 heteroatoms. The van der Waals surface area contributed by atoms with Crippen LogP contribution in [0.4, 0.5) is 0 Å². The van der Waals surface area contributed by atoms with Gasteiger partial charge in [-0.15, -0.1) is 0 Å². The molecule has 0 heterocycles. The summed E-state index contributed by atoms with van der Waals surface area (Å²) in [4.78, 5) is 11.7. The third-order valence-corrected chi connectivity index (χ3v) is 2.93. The van der Waals surface area contributed by atoms with Crippen LogP contribution in [0.1, 0.15) is 39.0 Å². The first-order valence-corrected chi connectivity index (χ1v) is 5.98. The van der Waals surface area contributed by atoms with Gasteiger partial charge in [0, 0.05) is 6.04 Å². The zero-order chi connectivity index (χ0) is 11.1. The fraction of sp³-hybridized carbons (Fsp3) is 0.909. The molecule has 0 aromatic heterocycles. The number of carbonyl (C=O) groups is 1. The SMILES string of the molecule is CC(NCCCN)C(=O)NC1CCCC1. The van der Waals surface area contributed by atoms with E-state index in [1.54, 1.807) is 0 Å². The minimum absolute atomic E-state index is 0.0999. The van der Waals surface area contributed by atoms with Crippen LogP contribution < -0.4 is 16.4 Å². The van der Waals surface area contributed by atoms with E-state index in [2.05, 4.69) is 10.6 Å². The largest absolute Gasteiger partial charge is 0.352 e. The Labute approximate surface area is 92.0 Å². The molecule has 1 aliphatic carbocycles. The molecule has 1 rings (SSSR count). The number of rotatable bonds is 6. The van der Waals surface area contributed by atoms with Gasteiger partial charge < -0.3 is 16.4 Å². The molecule has 1 fully saturated rings. The van der Waals surface area contributed by atoms with Gasteiger partial charge in [0.15, 0.2) is 0 Å². The lowest BCUT2D eigenvalue weighted by Gasteiger charge is -2.17. The summed E-state index contributed by atoms with van der Waals surface area (Å²) in [6.07, 6.45) is 5.70. The van der Waals surface area contributed by atoms with Crippen LogP contribution in [-0.4, -0.2) is 31.1 Å². The molecule has 15 heavy (non-hydrogen) atoms. The van der Waals surface area contributed by atoms with Crippen molar-refractivity contribution in [2.75, 3.05) is 13.1 Å². The monoisotopic (exact) mass is 213 g/mol. The summed E-state index contributed by atoms with van der Waals surface area (Å²) in [5.74, 6) is 0.124. The fourth-order valence-corrected chi connectivity index (χ4v) is 1.91. The van der Waals surface area contributed by atoms with Crippen molar-refractivity contribution in [3.8, 4) is 0 Å². The number of carbonyl (C=O) groups excluding carboxylic acids is 1. The van der Waals surface area contributed by atoms with E-state index in [1.165, 1.54) is 12.8 Å². The van der Waals surface area contributed by atoms with Gasteiger partial charge in [-0.2, -0.15) is 0 Å². The molecule has 88 valence electrons. The number of nitrogens with one attached hydrogen (secondary N) is 2. The lowest BCUT2D eigenvalue weighted by atomic mass is 10.2. The molecule has 0 saturated heterocycles. The van der Waals surface area contributed by atoms with E-state index >= 15 is 0 Å². The minimum Gasteiger partial charge on any atom is -0.352 e. The van der Waals surface area contributed by atoms with E-state index in [-0.39, 0.29) is 11.9 Å². The van der Waals surface area contributed by atoms with Crippen LogP contribution >= 0.6 is 0 Å². The first kappa shape index (κ1) is 12.5. The van der Waals surface area contributed by atoms with Gasteiger partial charge in [0.1, 0.15) is 0 Å². The lowest BCUT2D eigenvalue weighted by Crippen LogP contribution is -2.45. The van der Waals surface area contributed by atoms with Crippen LogP contribution in [0, 0.1) is 0 Å². The van der Waals surface area contributed by atoms with Gasteiger partial charge in [-0.05, 0) is 39.3 Å². The second-order valence-electron chi connectivity index (χ2n) is 4.31. The molecule has 4 N–H and O–H groups in total. The predicted molar refractivity (Wildman–Crippen MR) is 61.5 cm³/mol. The van der Waals surface area contributed by atoms with Crippen molar-refractivity contribution in [2.24, 2.45) is 5.73 Å². The maximum absolute atomic E-state index is 11.7. The Kier molecular flexibility index (Phi) is 5.65. The predicted octanol–water partition coefficient (Wildman–Crippen LogP) is 0.372. The van der Waals surface area contributed by atoms with Crippen LogP contribution in [0.3, 0.4) is 0 Å². The second kappa shape index (κ2) is 6.80. The summed E-state index contributed by atoms with van der Waals surface area (Å²) in [7, 11) is 0. The Balaban J connectivity index is 2.14. The molecule has 0 radical (unpaired) electrons. The van der Waals surface area contributed by atoms with E-state index in [4.69, 9.17) is 5.73 Å². The molecule has 1 unspecified atom stereocenters. The third kappa shape index (κ3) is 4.62. The van der Waals surface area contributed by atoms with Crippen molar-refractivity contribution in [3.05, 3.63) is 0 Å². The minimum atomic E-state index is -0.0999. The standard InChI is InChI=1S/C11H23N3O/c1-9(13-8-4-7-12)11(15)14-10-5-2-3-6-10/h9-10,13H,2-8,12H2,1H3,(H,14,15). The van der Waals surface area contributed by atoms with Crippen LogP contribution in [0.25, 0.3) is 0 Å². The van der Waals surface area contributed by atoms with Crippen molar-refractivity contribution in [2.45, 2.75) is 51.1 Å². The van der Waals surface area contributed by atoms with Crippen molar-refractivity contribution >= 4 is 5.91 Å². The Morgan fingerprint density at radius 1 is 1.47 bits per heavy atom. The number of nitrogens with two attached hydrogens (primary N) is 1. The molecule has 1 atom stereocenters. The average molecular weight is 213 g/mol. The summed E-state index contributed by atoms with van der Waals surface area (Å²) >= 11 is 0. The van der Waals surface area contributed by atoms with Crippen LogP contribution in [0.5, 0.6) is 0 Å². The van der Waals surface area contributed by atoms with Crippen molar-refractivity contribution < 1.29 is 4.79 Å². The maximum Gasteiger partial charge on any atom is 0.237 e. The van der Waals surface area contributed by atoms with Crippen molar-refractivity contribution in [1.29, 1.82) is 0 Å². The highest BCUT2D eigenvalue weighted by atomic mass is 16.2. The molecular formula is C11H23N3O. The molecule has 1 aliphatic rings. The second-order valence-corrected chi connectivity index (χ2v) is 4.31. The van der Waals surface area contributed by atoms with Crippen LogP contribution in [-0.2, 0) is 4.79 Å². The van der Waals surface area contributed by atoms with Crippen molar-refractivity contribution in [3.63, 3.8) is 0 Å². The molecular weight excluding hydrogens is 190 g/mol. The molecule has 1 amide bonds. The van der Waals surface area contributed by atoms with Gasteiger partial charge in [-0.25, -0.2) is 0 Å². The summed E-state index contributed by atoms with van der Waals surface area (Å²) in [5.41, 5.74) is 5.38. The Bertz CT molecular complexity index is 190. The molecule has 0 aliphatic heterocycles. The van der Waals surface area contributed by atoms with Gasteiger partial charge in [0.2, 0.25) is 5.91 Å². The first-order chi connectivity index (χ1) is 7.24.